The van der Waals surface area contributed by atoms with Crippen LogP contribution in [0.25, 0.3) is 0 Å². The van der Waals surface area contributed by atoms with Crippen LogP contribution in [0.4, 0.5) is 0 Å². The molecule has 2 aliphatic rings. The molecule has 3 heteroatoms. The Morgan fingerprint density at radius 1 is 1.12 bits per heavy atom. The van der Waals surface area contributed by atoms with Crippen LogP contribution in [0.1, 0.15) is 39.0 Å². The molecule has 2 aliphatic heterocycles. The van der Waals surface area contributed by atoms with Crippen LogP contribution in [-0.2, 0) is 0 Å². The zero-order valence-electron chi connectivity index (χ0n) is 10.5. The second kappa shape index (κ2) is 5.99. The fraction of sp³-hybridized carbons (Fsp3) is 1.00. The summed E-state index contributed by atoms with van der Waals surface area (Å²) in [6.45, 7) is 6.71. The normalized spacial score (nSPS) is 32.2. The number of likely N-dealkylation sites (tertiary alicyclic amines) is 1. The number of rotatable bonds is 2. The molecule has 0 saturated carbocycles. The van der Waals surface area contributed by atoms with Gasteiger partial charge < -0.3 is 15.3 Å². The van der Waals surface area contributed by atoms with Gasteiger partial charge in [-0.25, -0.2) is 0 Å². The second-order valence-corrected chi connectivity index (χ2v) is 5.45. The molecule has 2 N–H and O–H groups in total. The van der Waals surface area contributed by atoms with Gasteiger partial charge in [-0.05, 0) is 71.1 Å². The lowest BCUT2D eigenvalue weighted by atomic mass is 9.90. The van der Waals surface area contributed by atoms with Gasteiger partial charge in [-0.1, -0.05) is 0 Å². The van der Waals surface area contributed by atoms with Gasteiger partial charge in [0.25, 0.3) is 0 Å². The van der Waals surface area contributed by atoms with E-state index in [0.717, 1.165) is 6.04 Å². The average molecular weight is 226 g/mol. The Labute approximate surface area is 99.2 Å². The maximum Gasteiger partial charge on any atom is 0.0541 e. The third-order valence-electron chi connectivity index (χ3n) is 4.32. The van der Waals surface area contributed by atoms with E-state index in [1.54, 1.807) is 0 Å². The third kappa shape index (κ3) is 3.19. The first-order chi connectivity index (χ1) is 7.77. The summed E-state index contributed by atoms with van der Waals surface area (Å²) in [5.74, 6) is 0.542. The van der Waals surface area contributed by atoms with Crippen LogP contribution in [0.5, 0.6) is 0 Å². The van der Waals surface area contributed by atoms with Crippen molar-refractivity contribution in [3.63, 3.8) is 0 Å². The van der Waals surface area contributed by atoms with Crippen molar-refractivity contribution < 1.29 is 5.11 Å². The minimum Gasteiger partial charge on any atom is -0.393 e. The van der Waals surface area contributed by atoms with Crippen LogP contribution in [0, 0.1) is 5.92 Å². The SMILES string of the molecule is CC(O)C1CCN(C2CCCNCC2)CC1. The van der Waals surface area contributed by atoms with Gasteiger partial charge in [-0.2, -0.15) is 0 Å². The molecular formula is C13H26N2O. The van der Waals surface area contributed by atoms with Crippen LogP contribution in [0.2, 0.25) is 0 Å². The zero-order chi connectivity index (χ0) is 11.4. The molecule has 0 aliphatic carbocycles. The summed E-state index contributed by atoms with van der Waals surface area (Å²) in [6, 6.07) is 0.796. The van der Waals surface area contributed by atoms with E-state index in [1.807, 2.05) is 6.92 Å². The molecule has 2 heterocycles. The predicted molar refractivity (Wildman–Crippen MR) is 66.5 cm³/mol. The van der Waals surface area contributed by atoms with Gasteiger partial charge in [0.2, 0.25) is 0 Å². The number of hydrogen-bond donors (Lipinski definition) is 2. The van der Waals surface area contributed by atoms with E-state index < -0.39 is 0 Å². The van der Waals surface area contributed by atoms with Gasteiger partial charge in [0.15, 0.2) is 0 Å². The summed E-state index contributed by atoms with van der Waals surface area (Å²) < 4.78 is 0. The molecule has 2 atom stereocenters. The summed E-state index contributed by atoms with van der Waals surface area (Å²) in [4.78, 5) is 2.66. The van der Waals surface area contributed by atoms with Gasteiger partial charge in [0, 0.05) is 6.04 Å². The Kier molecular flexibility index (Phi) is 4.62. The van der Waals surface area contributed by atoms with Crippen molar-refractivity contribution in [3.8, 4) is 0 Å². The summed E-state index contributed by atoms with van der Waals surface area (Å²) in [5, 5.41) is 13.1. The minimum absolute atomic E-state index is 0.113. The molecule has 94 valence electrons. The van der Waals surface area contributed by atoms with Crippen molar-refractivity contribution in [1.82, 2.24) is 10.2 Å². The molecule has 0 aromatic rings. The lowest BCUT2D eigenvalue weighted by Crippen LogP contribution is -2.43. The molecule has 0 spiro atoms. The molecule has 0 bridgehead atoms. The van der Waals surface area contributed by atoms with E-state index in [1.165, 1.54) is 58.3 Å². The summed E-state index contributed by atoms with van der Waals surface area (Å²) in [6.07, 6.45) is 6.23. The molecule has 0 amide bonds. The Morgan fingerprint density at radius 2 is 1.88 bits per heavy atom. The molecule has 2 unspecified atom stereocenters. The van der Waals surface area contributed by atoms with Crippen molar-refractivity contribution in [2.75, 3.05) is 26.2 Å². The first-order valence-electron chi connectivity index (χ1n) is 6.90. The molecule has 0 radical (unpaired) electrons. The van der Waals surface area contributed by atoms with Gasteiger partial charge in [-0.15, -0.1) is 0 Å². The zero-order valence-corrected chi connectivity index (χ0v) is 10.5. The van der Waals surface area contributed by atoms with E-state index in [0.29, 0.717) is 5.92 Å². The lowest BCUT2D eigenvalue weighted by Gasteiger charge is -2.38. The Morgan fingerprint density at radius 3 is 2.56 bits per heavy atom. The van der Waals surface area contributed by atoms with Gasteiger partial charge in [0.1, 0.15) is 0 Å². The molecule has 2 fully saturated rings. The highest BCUT2D eigenvalue weighted by atomic mass is 16.3. The summed E-state index contributed by atoms with van der Waals surface area (Å²) in [7, 11) is 0. The molecule has 0 aromatic heterocycles. The smallest absolute Gasteiger partial charge is 0.0541 e. The highest BCUT2D eigenvalue weighted by Gasteiger charge is 2.27. The molecule has 2 rings (SSSR count). The van der Waals surface area contributed by atoms with E-state index in [9.17, 15) is 5.11 Å². The predicted octanol–water partition coefficient (Wildman–Crippen LogP) is 1.22. The topological polar surface area (TPSA) is 35.5 Å². The van der Waals surface area contributed by atoms with Crippen molar-refractivity contribution in [2.45, 2.75) is 51.2 Å². The maximum absolute atomic E-state index is 9.59. The lowest BCUT2D eigenvalue weighted by molar-refractivity contribution is 0.0531. The first-order valence-corrected chi connectivity index (χ1v) is 6.90. The minimum atomic E-state index is -0.113. The van der Waals surface area contributed by atoms with Crippen LogP contribution >= 0.6 is 0 Å². The number of aliphatic hydroxyl groups is 1. The van der Waals surface area contributed by atoms with Crippen molar-refractivity contribution in [2.24, 2.45) is 5.92 Å². The van der Waals surface area contributed by atoms with Crippen molar-refractivity contribution in [3.05, 3.63) is 0 Å². The van der Waals surface area contributed by atoms with E-state index in [-0.39, 0.29) is 6.10 Å². The fourth-order valence-corrected chi connectivity index (χ4v) is 3.13. The summed E-state index contributed by atoms with van der Waals surface area (Å²) >= 11 is 0. The average Bonchev–Trinajstić information content (AvgIpc) is 2.57. The standard InChI is InChI=1S/C13H26N2O/c1-11(16)12-5-9-15(10-6-12)13-3-2-7-14-8-4-13/h11-14,16H,2-10H2,1H3. The Hall–Kier alpha value is -0.120. The highest BCUT2D eigenvalue weighted by Crippen LogP contribution is 2.24. The van der Waals surface area contributed by atoms with E-state index in [4.69, 9.17) is 0 Å². The van der Waals surface area contributed by atoms with Crippen LogP contribution in [-0.4, -0.2) is 48.3 Å². The maximum atomic E-state index is 9.59. The molecular weight excluding hydrogens is 200 g/mol. The van der Waals surface area contributed by atoms with Crippen LogP contribution in [0.15, 0.2) is 0 Å². The highest BCUT2D eigenvalue weighted by molar-refractivity contribution is 4.82. The van der Waals surface area contributed by atoms with Crippen molar-refractivity contribution in [1.29, 1.82) is 0 Å². The number of nitrogens with zero attached hydrogens (tertiary/aromatic N) is 1. The fourth-order valence-electron chi connectivity index (χ4n) is 3.13. The number of aliphatic hydroxyl groups excluding tert-OH is 1. The number of nitrogens with one attached hydrogen (secondary N) is 1. The largest absolute Gasteiger partial charge is 0.393 e. The molecule has 3 nitrogen and oxygen atoms in total. The molecule has 0 aromatic carbocycles. The van der Waals surface area contributed by atoms with Gasteiger partial charge in [-0.3, -0.25) is 0 Å². The van der Waals surface area contributed by atoms with E-state index in [2.05, 4.69) is 10.2 Å². The van der Waals surface area contributed by atoms with Gasteiger partial charge >= 0.3 is 0 Å². The third-order valence-corrected chi connectivity index (χ3v) is 4.32. The Balaban J connectivity index is 1.78. The first kappa shape index (κ1) is 12.3. The Bertz CT molecular complexity index is 192. The number of hydrogen-bond acceptors (Lipinski definition) is 3. The van der Waals surface area contributed by atoms with Crippen molar-refractivity contribution >= 4 is 0 Å². The second-order valence-electron chi connectivity index (χ2n) is 5.45. The molecule has 16 heavy (non-hydrogen) atoms. The quantitative estimate of drug-likeness (QED) is 0.743. The summed E-state index contributed by atoms with van der Waals surface area (Å²) in [5.41, 5.74) is 0. The molecule has 2 saturated heterocycles. The van der Waals surface area contributed by atoms with E-state index >= 15 is 0 Å². The van der Waals surface area contributed by atoms with Crippen LogP contribution < -0.4 is 5.32 Å². The van der Waals surface area contributed by atoms with Crippen LogP contribution in [0.3, 0.4) is 0 Å². The number of piperidine rings is 1. The van der Waals surface area contributed by atoms with Gasteiger partial charge in [0.05, 0.1) is 6.10 Å². The monoisotopic (exact) mass is 226 g/mol.